The molecule has 0 spiro atoms. The van der Waals surface area contributed by atoms with Gasteiger partial charge in [0.15, 0.2) is 6.20 Å². The first-order chi connectivity index (χ1) is 11.7. The van der Waals surface area contributed by atoms with Crippen molar-refractivity contribution in [3.8, 4) is 22.4 Å². The maximum atomic E-state index is 12.4. The Morgan fingerprint density at radius 3 is 2.12 bits per heavy atom. The van der Waals surface area contributed by atoms with Crippen molar-refractivity contribution in [1.82, 2.24) is 4.98 Å². The van der Waals surface area contributed by atoms with Gasteiger partial charge < -0.3 is 5.21 Å². The van der Waals surface area contributed by atoms with E-state index in [1.54, 1.807) is 6.07 Å². The molecule has 0 aliphatic carbocycles. The second-order valence-corrected chi connectivity index (χ2v) is 5.86. The van der Waals surface area contributed by atoms with Gasteiger partial charge in [-0.15, -0.1) is 0 Å². The minimum atomic E-state index is 0.365. The van der Waals surface area contributed by atoms with Gasteiger partial charge in [0.25, 0.3) is 0 Å². The maximum Gasteiger partial charge on any atom is 0.250 e. The van der Waals surface area contributed by atoms with E-state index >= 15 is 0 Å². The van der Waals surface area contributed by atoms with E-state index in [0.717, 1.165) is 26.8 Å². The largest absolute Gasteiger partial charge is 0.618 e. The fraction of sp³-hybridized carbons (Fsp3) is 0. The second-order valence-electron chi connectivity index (χ2n) is 5.48. The molecule has 3 nitrogen and oxygen atoms in total. The van der Waals surface area contributed by atoms with E-state index in [4.69, 9.17) is 11.6 Å². The van der Waals surface area contributed by atoms with Gasteiger partial charge in [-0.2, -0.15) is 4.73 Å². The van der Waals surface area contributed by atoms with Gasteiger partial charge in [-0.1, -0.05) is 60.1 Å². The molecule has 0 saturated heterocycles. The fourth-order valence-electron chi connectivity index (χ4n) is 2.91. The molecule has 4 heteroatoms. The topological polar surface area (TPSA) is 39.8 Å². The quantitative estimate of drug-likeness (QED) is 0.299. The van der Waals surface area contributed by atoms with Crippen LogP contribution in [0.4, 0.5) is 0 Å². The van der Waals surface area contributed by atoms with Crippen LogP contribution in [0, 0.1) is 5.21 Å². The van der Waals surface area contributed by atoms with Crippen LogP contribution in [0.15, 0.2) is 79.0 Å². The van der Waals surface area contributed by atoms with Crippen LogP contribution in [0.25, 0.3) is 33.3 Å². The van der Waals surface area contributed by atoms with Gasteiger partial charge in [0, 0.05) is 17.0 Å². The summed E-state index contributed by atoms with van der Waals surface area (Å²) in [5, 5.41) is 13.7. The first-order valence-electron chi connectivity index (χ1n) is 7.57. The summed E-state index contributed by atoms with van der Waals surface area (Å²) < 4.78 is 0.843. The number of pyridine rings is 2. The molecule has 0 aliphatic rings. The Balaban J connectivity index is 2.09. The van der Waals surface area contributed by atoms with Crippen LogP contribution < -0.4 is 4.73 Å². The van der Waals surface area contributed by atoms with E-state index in [1.807, 2.05) is 66.7 Å². The third-order valence-electron chi connectivity index (χ3n) is 3.98. The van der Waals surface area contributed by atoms with Crippen LogP contribution in [-0.2, 0) is 0 Å². The van der Waals surface area contributed by atoms with Gasteiger partial charge in [-0.05, 0) is 29.3 Å². The molecule has 0 amide bonds. The van der Waals surface area contributed by atoms with Crippen molar-refractivity contribution in [2.45, 2.75) is 0 Å². The zero-order valence-corrected chi connectivity index (χ0v) is 13.4. The Morgan fingerprint density at radius 1 is 0.833 bits per heavy atom. The highest BCUT2D eigenvalue weighted by molar-refractivity contribution is 6.30. The number of hydrogen-bond acceptors (Lipinski definition) is 2. The fourth-order valence-corrected chi connectivity index (χ4v) is 3.10. The maximum absolute atomic E-state index is 12.4. The standard InChI is InChI=1S/C20H13ClN2O/c21-18-13-17(14-7-3-1-4-8-14)16-11-12-23(24)20(19(16)22-18)15-9-5-2-6-10-15/h1-13H. The first kappa shape index (κ1) is 14.7. The normalized spacial score (nSPS) is 10.9. The molecule has 0 bridgehead atoms. The third-order valence-corrected chi connectivity index (χ3v) is 4.17. The van der Waals surface area contributed by atoms with Gasteiger partial charge in [-0.3, -0.25) is 0 Å². The summed E-state index contributed by atoms with van der Waals surface area (Å²) in [4.78, 5) is 4.44. The summed E-state index contributed by atoms with van der Waals surface area (Å²) in [6.45, 7) is 0. The highest BCUT2D eigenvalue weighted by Crippen LogP contribution is 2.33. The molecule has 4 rings (SSSR count). The molecular formula is C20H13ClN2O. The summed E-state index contributed by atoms with van der Waals surface area (Å²) in [6.07, 6.45) is 1.52. The molecule has 24 heavy (non-hydrogen) atoms. The minimum absolute atomic E-state index is 0.365. The average Bonchev–Trinajstić information content (AvgIpc) is 2.62. The van der Waals surface area contributed by atoms with Gasteiger partial charge in [0.05, 0.1) is 0 Å². The zero-order chi connectivity index (χ0) is 16.5. The van der Waals surface area contributed by atoms with E-state index < -0.39 is 0 Å². The number of rotatable bonds is 2. The summed E-state index contributed by atoms with van der Waals surface area (Å²) in [6, 6.07) is 23.1. The third kappa shape index (κ3) is 2.49. The minimum Gasteiger partial charge on any atom is -0.618 e. The molecule has 2 aromatic heterocycles. The SMILES string of the molecule is [O-][n+]1ccc2c(-c3ccccc3)cc(Cl)nc2c1-c1ccccc1. The molecule has 0 atom stereocenters. The van der Waals surface area contributed by atoms with Crippen molar-refractivity contribution < 1.29 is 4.73 Å². The Morgan fingerprint density at radius 2 is 1.46 bits per heavy atom. The molecule has 0 aliphatic heterocycles. The van der Waals surface area contributed by atoms with Crippen molar-refractivity contribution in [1.29, 1.82) is 0 Å². The van der Waals surface area contributed by atoms with Crippen LogP contribution in [-0.4, -0.2) is 4.98 Å². The smallest absolute Gasteiger partial charge is 0.250 e. The monoisotopic (exact) mass is 332 g/mol. The first-order valence-corrected chi connectivity index (χ1v) is 7.95. The van der Waals surface area contributed by atoms with E-state index in [2.05, 4.69) is 4.98 Å². The lowest BCUT2D eigenvalue weighted by atomic mass is 10.00. The predicted molar refractivity (Wildman–Crippen MR) is 96.6 cm³/mol. The van der Waals surface area contributed by atoms with Crippen LogP contribution in [0.3, 0.4) is 0 Å². The van der Waals surface area contributed by atoms with E-state index in [0.29, 0.717) is 16.4 Å². The molecule has 0 unspecified atom stereocenters. The average molecular weight is 333 g/mol. The number of benzene rings is 2. The predicted octanol–water partition coefficient (Wildman–Crippen LogP) is 4.86. The Bertz CT molecular complexity index is 1020. The van der Waals surface area contributed by atoms with Crippen molar-refractivity contribution in [2.75, 3.05) is 0 Å². The molecule has 0 radical (unpaired) electrons. The summed E-state index contributed by atoms with van der Waals surface area (Å²) in [5.74, 6) is 0. The summed E-state index contributed by atoms with van der Waals surface area (Å²) in [7, 11) is 0. The molecule has 0 fully saturated rings. The summed E-state index contributed by atoms with van der Waals surface area (Å²) in [5.41, 5.74) is 3.92. The van der Waals surface area contributed by atoms with E-state index in [1.165, 1.54) is 6.20 Å². The van der Waals surface area contributed by atoms with Crippen LogP contribution in [0.2, 0.25) is 5.15 Å². The molecule has 2 aromatic carbocycles. The zero-order valence-electron chi connectivity index (χ0n) is 12.7. The van der Waals surface area contributed by atoms with Crippen molar-refractivity contribution in [3.05, 3.63) is 89.4 Å². The van der Waals surface area contributed by atoms with Gasteiger partial charge in [0.2, 0.25) is 5.69 Å². The van der Waals surface area contributed by atoms with Crippen molar-refractivity contribution in [2.24, 2.45) is 0 Å². The van der Waals surface area contributed by atoms with E-state index in [9.17, 15) is 5.21 Å². The van der Waals surface area contributed by atoms with Gasteiger partial charge >= 0.3 is 0 Å². The lowest BCUT2D eigenvalue weighted by molar-refractivity contribution is -0.592. The van der Waals surface area contributed by atoms with Crippen LogP contribution in [0.5, 0.6) is 0 Å². The second kappa shape index (κ2) is 5.95. The number of fused-ring (bicyclic) bond motifs is 1. The van der Waals surface area contributed by atoms with E-state index in [-0.39, 0.29) is 0 Å². The molecule has 4 aromatic rings. The Labute approximate surface area is 144 Å². The Hall–Kier alpha value is -2.91. The number of aromatic nitrogens is 2. The lowest BCUT2D eigenvalue weighted by Crippen LogP contribution is -2.28. The number of nitrogens with zero attached hydrogens (tertiary/aromatic N) is 2. The molecule has 0 saturated carbocycles. The van der Waals surface area contributed by atoms with Gasteiger partial charge in [-0.25, -0.2) is 4.98 Å². The van der Waals surface area contributed by atoms with Crippen LogP contribution in [0.1, 0.15) is 0 Å². The Kier molecular flexibility index (Phi) is 3.63. The van der Waals surface area contributed by atoms with Crippen LogP contribution >= 0.6 is 11.6 Å². The highest BCUT2D eigenvalue weighted by Gasteiger charge is 2.18. The molecule has 2 heterocycles. The lowest BCUT2D eigenvalue weighted by Gasteiger charge is -2.11. The summed E-state index contributed by atoms with van der Waals surface area (Å²) >= 11 is 6.26. The van der Waals surface area contributed by atoms with Gasteiger partial charge in [0.1, 0.15) is 10.7 Å². The molecule has 0 N–H and O–H groups in total. The number of halogens is 1. The number of hydrogen-bond donors (Lipinski definition) is 0. The molecular weight excluding hydrogens is 320 g/mol. The van der Waals surface area contributed by atoms with Crippen molar-refractivity contribution in [3.63, 3.8) is 0 Å². The van der Waals surface area contributed by atoms with Crippen molar-refractivity contribution >= 4 is 22.5 Å². The highest BCUT2D eigenvalue weighted by atomic mass is 35.5. The molecule has 116 valence electrons.